The normalized spacial score (nSPS) is 13.2. The number of fused-ring (bicyclic) bond motifs is 1. The van der Waals surface area contributed by atoms with Crippen molar-refractivity contribution in [3.8, 4) is 0 Å². The average Bonchev–Trinajstić information content (AvgIpc) is 3.10. The van der Waals surface area contributed by atoms with E-state index >= 15 is 0 Å². The molecule has 1 N–H and O–H groups in total. The van der Waals surface area contributed by atoms with E-state index in [9.17, 15) is 13.2 Å². The van der Waals surface area contributed by atoms with E-state index in [-0.39, 0.29) is 17.3 Å². The molecule has 2 aromatic rings. The third-order valence-electron chi connectivity index (χ3n) is 4.43. The number of sulfonamides is 1. The summed E-state index contributed by atoms with van der Waals surface area (Å²) in [5.74, 6) is 0.130. The summed E-state index contributed by atoms with van der Waals surface area (Å²) in [6.45, 7) is 4.60. The second-order valence-corrected chi connectivity index (χ2v) is 8.91. The third kappa shape index (κ3) is 4.99. The van der Waals surface area contributed by atoms with E-state index in [1.807, 2.05) is 0 Å². The minimum absolute atomic E-state index is 0.0773. The standard InChI is InChI=1S/C17H26N4O3S2/c1-4-6-8-13(5-2)11-18-16(22)12-21(3)26(23,24)15-10-7-9-14-17(15)20-25-19-14/h7,9-10,13H,4-6,8,11-12H2,1-3H3,(H,18,22)/t13-/m0/s1. The topological polar surface area (TPSA) is 92.3 Å². The van der Waals surface area contributed by atoms with E-state index in [4.69, 9.17) is 0 Å². The molecule has 0 fully saturated rings. The molecule has 9 heteroatoms. The molecule has 0 bridgehead atoms. The molecule has 0 saturated heterocycles. The van der Waals surface area contributed by atoms with Gasteiger partial charge in [-0.05, 0) is 24.5 Å². The molecule has 1 atom stereocenters. The van der Waals surface area contributed by atoms with Crippen molar-refractivity contribution < 1.29 is 13.2 Å². The largest absolute Gasteiger partial charge is 0.355 e. The minimum atomic E-state index is -3.81. The Bertz CT molecular complexity index is 835. The summed E-state index contributed by atoms with van der Waals surface area (Å²) in [5.41, 5.74) is 0.881. The van der Waals surface area contributed by atoms with Crippen molar-refractivity contribution in [2.24, 2.45) is 5.92 Å². The molecule has 1 amide bonds. The number of nitrogens with zero attached hydrogens (tertiary/aromatic N) is 3. The van der Waals surface area contributed by atoms with Crippen molar-refractivity contribution in [3.05, 3.63) is 18.2 Å². The fourth-order valence-corrected chi connectivity index (χ4v) is 4.58. The van der Waals surface area contributed by atoms with E-state index < -0.39 is 10.0 Å². The van der Waals surface area contributed by atoms with Gasteiger partial charge in [0.2, 0.25) is 15.9 Å². The maximum absolute atomic E-state index is 12.8. The van der Waals surface area contributed by atoms with Crippen LogP contribution in [0.15, 0.2) is 23.1 Å². The number of amides is 1. The van der Waals surface area contributed by atoms with Gasteiger partial charge >= 0.3 is 0 Å². The minimum Gasteiger partial charge on any atom is -0.355 e. The van der Waals surface area contributed by atoms with Gasteiger partial charge in [0.1, 0.15) is 15.9 Å². The number of hydrogen-bond donors (Lipinski definition) is 1. The number of likely N-dealkylation sites (N-methyl/N-ethyl adjacent to an activating group) is 1. The van der Waals surface area contributed by atoms with Gasteiger partial charge in [-0.1, -0.05) is 39.2 Å². The molecule has 0 spiro atoms. The van der Waals surface area contributed by atoms with Crippen molar-refractivity contribution in [3.63, 3.8) is 0 Å². The van der Waals surface area contributed by atoms with Crippen LogP contribution in [-0.2, 0) is 14.8 Å². The van der Waals surface area contributed by atoms with Crippen LogP contribution in [0.3, 0.4) is 0 Å². The highest BCUT2D eigenvalue weighted by atomic mass is 32.2. The maximum Gasteiger partial charge on any atom is 0.245 e. The van der Waals surface area contributed by atoms with E-state index in [1.54, 1.807) is 12.1 Å². The fourth-order valence-electron chi connectivity index (χ4n) is 2.70. The Hall–Kier alpha value is -1.58. The van der Waals surface area contributed by atoms with Gasteiger partial charge in [-0.3, -0.25) is 4.79 Å². The van der Waals surface area contributed by atoms with Crippen molar-refractivity contribution in [1.29, 1.82) is 0 Å². The zero-order valence-electron chi connectivity index (χ0n) is 15.4. The lowest BCUT2D eigenvalue weighted by molar-refractivity contribution is -0.121. The monoisotopic (exact) mass is 398 g/mol. The van der Waals surface area contributed by atoms with Gasteiger partial charge in [-0.25, -0.2) is 8.42 Å². The summed E-state index contributed by atoms with van der Waals surface area (Å²) < 4.78 is 34.8. The van der Waals surface area contributed by atoms with Crippen molar-refractivity contribution >= 4 is 38.7 Å². The maximum atomic E-state index is 12.8. The molecular formula is C17H26N4O3S2. The number of benzene rings is 1. The third-order valence-corrected chi connectivity index (χ3v) is 6.81. The lowest BCUT2D eigenvalue weighted by Gasteiger charge is -2.19. The molecule has 26 heavy (non-hydrogen) atoms. The Morgan fingerprint density at radius 2 is 2.08 bits per heavy atom. The Morgan fingerprint density at radius 3 is 2.77 bits per heavy atom. The molecule has 0 radical (unpaired) electrons. The first kappa shape index (κ1) is 20.7. The molecular weight excluding hydrogens is 372 g/mol. The van der Waals surface area contributed by atoms with Crippen molar-refractivity contribution in [2.45, 2.75) is 44.4 Å². The molecule has 2 rings (SSSR count). The van der Waals surface area contributed by atoms with Crippen LogP contribution >= 0.6 is 11.7 Å². The predicted octanol–water partition coefficient (Wildman–Crippen LogP) is 2.64. The van der Waals surface area contributed by atoms with Crippen LogP contribution < -0.4 is 5.32 Å². The Labute approximate surface area is 159 Å². The molecule has 1 aromatic carbocycles. The van der Waals surface area contributed by atoms with Crippen LogP contribution in [0.25, 0.3) is 11.0 Å². The molecule has 1 heterocycles. The Morgan fingerprint density at radius 1 is 1.31 bits per heavy atom. The van der Waals surface area contributed by atoms with Crippen LogP contribution in [0, 0.1) is 5.92 Å². The zero-order chi connectivity index (χ0) is 19.2. The Kier molecular flexibility index (Phi) is 7.48. The summed E-state index contributed by atoms with van der Waals surface area (Å²) in [7, 11) is -2.41. The van der Waals surface area contributed by atoms with E-state index in [2.05, 4.69) is 27.9 Å². The molecule has 144 valence electrons. The van der Waals surface area contributed by atoms with Crippen molar-refractivity contribution in [2.75, 3.05) is 20.1 Å². The number of unbranched alkanes of at least 4 members (excludes halogenated alkanes) is 1. The number of carbonyl (C=O) groups is 1. The second kappa shape index (κ2) is 9.38. The van der Waals surface area contributed by atoms with Crippen LogP contribution in [0.4, 0.5) is 0 Å². The summed E-state index contributed by atoms with van der Waals surface area (Å²) in [6.07, 6.45) is 4.32. The number of aromatic nitrogens is 2. The lowest BCUT2D eigenvalue weighted by atomic mass is 9.99. The number of nitrogens with one attached hydrogen (secondary N) is 1. The van der Waals surface area contributed by atoms with Crippen LogP contribution in [-0.4, -0.2) is 47.5 Å². The molecule has 0 unspecified atom stereocenters. The second-order valence-electron chi connectivity index (χ2n) is 6.37. The van der Waals surface area contributed by atoms with Gasteiger partial charge < -0.3 is 5.32 Å². The predicted molar refractivity (Wildman–Crippen MR) is 104 cm³/mol. The number of hydrogen-bond acceptors (Lipinski definition) is 6. The first-order chi connectivity index (χ1) is 12.4. The quantitative estimate of drug-likeness (QED) is 0.664. The van der Waals surface area contributed by atoms with Gasteiger partial charge in [-0.2, -0.15) is 13.1 Å². The first-order valence-corrected chi connectivity index (χ1v) is 11.0. The van der Waals surface area contributed by atoms with E-state index in [0.717, 1.165) is 41.7 Å². The highest BCUT2D eigenvalue weighted by molar-refractivity contribution is 7.89. The molecule has 0 saturated carbocycles. The van der Waals surface area contributed by atoms with E-state index in [0.29, 0.717) is 23.5 Å². The van der Waals surface area contributed by atoms with Gasteiger partial charge in [-0.15, -0.1) is 0 Å². The molecule has 0 aliphatic rings. The van der Waals surface area contributed by atoms with Gasteiger partial charge in [0.25, 0.3) is 0 Å². The summed E-state index contributed by atoms with van der Waals surface area (Å²) >= 11 is 0.967. The first-order valence-electron chi connectivity index (χ1n) is 8.84. The smallest absolute Gasteiger partial charge is 0.245 e. The van der Waals surface area contributed by atoms with Gasteiger partial charge in [0.05, 0.1) is 18.3 Å². The highest BCUT2D eigenvalue weighted by Crippen LogP contribution is 2.23. The summed E-state index contributed by atoms with van der Waals surface area (Å²) in [4.78, 5) is 12.3. The zero-order valence-corrected chi connectivity index (χ0v) is 17.1. The van der Waals surface area contributed by atoms with E-state index in [1.165, 1.54) is 13.1 Å². The van der Waals surface area contributed by atoms with Crippen LogP contribution in [0.2, 0.25) is 0 Å². The molecule has 1 aromatic heterocycles. The molecule has 7 nitrogen and oxygen atoms in total. The molecule has 0 aliphatic heterocycles. The summed E-state index contributed by atoms with van der Waals surface area (Å²) in [5, 5.41) is 2.86. The van der Waals surface area contributed by atoms with Gasteiger partial charge in [0.15, 0.2) is 0 Å². The number of rotatable bonds is 10. The summed E-state index contributed by atoms with van der Waals surface area (Å²) in [6, 6.07) is 4.83. The molecule has 0 aliphatic carbocycles. The van der Waals surface area contributed by atoms with Gasteiger partial charge in [0, 0.05) is 13.6 Å². The highest BCUT2D eigenvalue weighted by Gasteiger charge is 2.26. The number of carbonyl (C=O) groups excluding carboxylic acids is 1. The lowest BCUT2D eigenvalue weighted by Crippen LogP contribution is -2.40. The van der Waals surface area contributed by atoms with Crippen LogP contribution in [0.5, 0.6) is 0 Å². The van der Waals surface area contributed by atoms with Crippen molar-refractivity contribution in [1.82, 2.24) is 18.4 Å². The average molecular weight is 399 g/mol. The Balaban J connectivity index is 2.00. The SMILES string of the molecule is CCCC[C@H](CC)CNC(=O)CN(C)S(=O)(=O)c1cccc2nsnc12. The fraction of sp³-hybridized carbons (Fsp3) is 0.588. The van der Waals surface area contributed by atoms with Crippen LogP contribution in [0.1, 0.15) is 39.5 Å².